The molecule has 3 nitrogen and oxygen atoms in total. The van der Waals surface area contributed by atoms with Gasteiger partial charge in [0.1, 0.15) is 0 Å². The number of sulfonamides is 1. The molecule has 0 radical (unpaired) electrons. The first kappa shape index (κ1) is 12.3. The van der Waals surface area contributed by atoms with Crippen LogP contribution in [0.4, 0.5) is 0 Å². The lowest BCUT2D eigenvalue weighted by atomic mass is 10.2. The molecular formula is C12H13NO2S3. The normalized spacial score (nSPS) is 16.0. The van der Waals surface area contributed by atoms with Crippen LogP contribution in [0.25, 0.3) is 11.1 Å². The lowest BCUT2D eigenvalue weighted by Crippen LogP contribution is -2.26. The van der Waals surface area contributed by atoms with E-state index in [4.69, 9.17) is 0 Å². The molecule has 1 saturated carbocycles. The van der Waals surface area contributed by atoms with Crippen LogP contribution in [0, 0.1) is 0 Å². The van der Waals surface area contributed by atoms with Crippen molar-refractivity contribution in [3.05, 3.63) is 33.2 Å². The van der Waals surface area contributed by atoms with Crippen molar-refractivity contribution in [1.82, 2.24) is 4.72 Å². The average Bonchev–Trinajstić information content (AvgIpc) is 2.91. The van der Waals surface area contributed by atoms with E-state index in [0.29, 0.717) is 6.54 Å². The summed E-state index contributed by atoms with van der Waals surface area (Å²) in [4.78, 5) is 1.06. The lowest BCUT2D eigenvalue weighted by molar-refractivity contribution is 0.580. The molecule has 2 aromatic rings. The summed E-state index contributed by atoms with van der Waals surface area (Å²) in [6.45, 7) is 0.410. The van der Waals surface area contributed by atoms with Gasteiger partial charge >= 0.3 is 0 Å². The SMILES string of the molecule is O=S(=O)(NCc1cc(-c2ccsc2)cs1)C1CC1. The zero-order chi connectivity index (χ0) is 12.6. The van der Waals surface area contributed by atoms with Crippen molar-refractivity contribution in [2.45, 2.75) is 24.6 Å². The van der Waals surface area contributed by atoms with Gasteiger partial charge in [0, 0.05) is 11.4 Å². The lowest BCUT2D eigenvalue weighted by Gasteiger charge is -2.02. The van der Waals surface area contributed by atoms with Crippen molar-refractivity contribution in [2.24, 2.45) is 0 Å². The third kappa shape index (κ3) is 2.66. The maximum atomic E-state index is 11.7. The smallest absolute Gasteiger partial charge is 0.212 e. The predicted octanol–water partition coefficient (Wildman–Crippen LogP) is 3.06. The van der Waals surface area contributed by atoms with Crippen LogP contribution < -0.4 is 4.72 Å². The molecule has 0 aliphatic heterocycles. The molecule has 0 amide bonds. The Balaban J connectivity index is 1.67. The second-order valence-electron chi connectivity index (χ2n) is 4.38. The van der Waals surface area contributed by atoms with Crippen LogP contribution in [0.1, 0.15) is 17.7 Å². The third-order valence-corrected chi connectivity index (χ3v) is 6.43. The van der Waals surface area contributed by atoms with Gasteiger partial charge in [-0.3, -0.25) is 0 Å². The minimum Gasteiger partial charge on any atom is -0.212 e. The Kier molecular flexibility index (Phi) is 3.27. The van der Waals surface area contributed by atoms with E-state index in [1.54, 1.807) is 22.7 Å². The van der Waals surface area contributed by atoms with E-state index in [0.717, 1.165) is 17.7 Å². The van der Waals surface area contributed by atoms with Crippen LogP contribution in [-0.2, 0) is 16.6 Å². The number of hydrogen-bond acceptors (Lipinski definition) is 4. The summed E-state index contributed by atoms with van der Waals surface area (Å²) in [6, 6.07) is 4.13. The van der Waals surface area contributed by atoms with Gasteiger partial charge in [-0.1, -0.05) is 0 Å². The standard InChI is InChI=1S/C12H13NO2S3/c14-18(15,12-1-2-12)13-6-11-5-10(8-17-11)9-3-4-16-7-9/h3-5,7-8,12-13H,1-2,6H2. The van der Waals surface area contributed by atoms with Crippen molar-refractivity contribution in [1.29, 1.82) is 0 Å². The van der Waals surface area contributed by atoms with Gasteiger partial charge < -0.3 is 0 Å². The molecule has 18 heavy (non-hydrogen) atoms. The Labute approximate surface area is 115 Å². The van der Waals surface area contributed by atoms with Gasteiger partial charge in [0.25, 0.3) is 0 Å². The van der Waals surface area contributed by atoms with Gasteiger partial charge in [-0.2, -0.15) is 11.3 Å². The molecule has 3 rings (SSSR count). The summed E-state index contributed by atoms with van der Waals surface area (Å²) in [6.07, 6.45) is 1.61. The maximum absolute atomic E-state index is 11.7. The van der Waals surface area contributed by atoms with Gasteiger partial charge in [0.05, 0.1) is 5.25 Å². The molecule has 6 heteroatoms. The largest absolute Gasteiger partial charge is 0.214 e. The molecule has 96 valence electrons. The van der Waals surface area contributed by atoms with E-state index in [2.05, 4.69) is 27.6 Å². The minimum absolute atomic E-state index is 0.145. The molecule has 0 atom stereocenters. The van der Waals surface area contributed by atoms with Gasteiger partial charge in [-0.25, -0.2) is 13.1 Å². The summed E-state index contributed by atoms with van der Waals surface area (Å²) in [5.74, 6) is 0. The highest BCUT2D eigenvalue weighted by Crippen LogP contribution is 2.29. The number of rotatable bonds is 5. The predicted molar refractivity (Wildman–Crippen MR) is 76.4 cm³/mol. The molecule has 0 aromatic carbocycles. The molecule has 0 saturated heterocycles. The van der Waals surface area contributed by atoms with E-state index in [9.17, 15) is 8.42 Å². The summed E-state index contributed by atoms with van der Waals surface area (Å²) < 4.78 is 26.1. The summed E-state index contributed by atoms with van der Waals surface area (Å²) in [5.41, 5.74) is 2.37. The molecule has 0 bridgehead atoms. The monoisotopic (exact) mass is 299 g/mol. The van der Waals surface area contributed by atoms with Crippen LogP contribution in [0.2, 0.25) is 0 Å². The second-order valence-corrected chi connectivity index (χ2v) is 8.20. The van der Waals surface area contributed by atoms with Gasteiger partial charge in [-0.05, 0) is 52.2 Å². The molecule has 0 spiro atoms. The maximum Gasteiger partial charge on any atom is 0.214 e. The van der Waals surface area contributed by atoms with E-state index in [1.165, 1.54) is 11.1 Å². The first-order valence-corrected chi connectivity index (χ1v) is 9.10. The first-order chi connectivity index (χ1) is 8.65. The fourth-order valence-corrected chi connectivity index (χ4v) is 4.66. The van der Waals surface area contributed by atoms with Gasteiger partial charge in [0.2, 0.25) is 10.0 Å². The molecule has 2 aromatic heterocycles. The van der Waals surface area contributed by atoms with Crippen molar-refractivity contribution >= 4 is 32.7 Å². The van der Waals surface area contributed by atoms with Crippen LogP contribution in [0.3, 0.4) is 0 Å². The topological polar surface area (TPSA) is 46.2 Å². The van der Waals surface area contributed by atoms with Crippen molar-refractivity contribution in [3.63, 3.8) is 0 Å². The Morgan fingerprint density at radius 1 is 1.28 bits per heavy atom. The highest BCUT2D eigenvalue weighted by molar-refractivity contribution is 7.90. The Morgan fingerprint density at radius 3 is 2.78 bits per heavy atom. The second kappa shape index (κ2) is 4.77. The summed E-state index contributed by atoms with van der Waals surface area (Å²) in [7, 11) is -3.07. The Morgan fingerprint density at radius 2 is 2.11 bits per heavy atom. The van der Waals surface area contributed by atoms with E-state index in [1.807, 2.05) is 5.38 Å². The fourth-order valence-electron chi connectivity index (χ4n) is 1.72. The first-order valence-electron chi connectivity index (χ1n) is 5.73. The molecular weight excluding hydrogens is 286 g/mol. The summed E-state index contributed by atoms with van der Waals surface area (Å²) in [5, 5.41) is 6.07. The zero-order valence-corrected chi connectivity index (χ0v) is 12.1. The minimum atomic E-state index is -3.07. The molecule has 1 N–H and O–H groups in total. The molecule has 1 aliphatic carbocycles. The zero-order valence-electron chi connectivity index (χ0n) is 9.63. The highest BCUT2D eigenvalue weighted by Gasteiger charge is 2.35. The molecule has 2 heterocycles. The summed E-state index contributed by atoms with van der Waals surface area (Å²) >= 11 is 3.26. The molecule has 0 unspecified atom stereocenters. The van der Waals surface area contributed by atoms with Crippen LogP contribution in [0.5, 0.6) is 0 Å². The van der Waals surface area contributed by atoms with Gasteiger partial charge in [-0.15, -0.1) is 11.3 Å². The van der Waals surface area contributed by atoms with E-state index < -0.39 is 10.0 Å². The van der Waals surface area contributed by atoms with Crippen LogP contribution in [0.15, 0.2) is 28.3 Å². The van der Waals surface area contributed by atoms with E-state index in [-0.39, 0.29) is 5.25 Å². The van der Waals surface area contributed by atoms with Gasteiger partial charge in [0.15, 0.2) is 0 Å². The quantitative estimate of drug-likeness (QED) is 0.922. The van der Waals surface area contributed by atoms with E-state index >= 15 is 0 Å². The Bertz CT molecular complexity index is 624. The van der Waals surface area contributed by atoms with Crippen LogP contribution >= 0.6 is 22.7 Å². The number of thiophene rings is 2. The third-order valence-electron chi connectivity index (χ3n) is 2.92. The molecule has 1 fully saturated rings. The van der Waals surface area contributed by atoms with Crippen molar-refractivity contribution in [2.75, 3.05) is 0 Å². The molecule has 1 aliphatic rings. The van der Waals surface area contributed by atoms with Crippen LogP contribution in [-0.4, -0.2) is 13.7 Å². The van der Waals surface area contributed by atoms with Crippen molar-refractivity contribution < 1.29 is 8.42 Å². The average molecular weight is 299 g/mol. The van der Waals surface area contributed by atoms with Crippen molar-refractivity contribution in [3.8, 4) is 11.1 Å². The Hall–Kier alpha value is -0.690. The highest BCUT2D eigenvalue weighted by atomic mass is 32.2. The number of nitrogens with one attached hydrogen (secondary N) is 1. The fraction of sp³-hybridized carbons (Fsp3) is 0.333. The number of hydrogen-bond donors (Lipinski definition) is 1.